The predicted molar refractivity (Wildman–Crippen MR) is 92.4 cm³/mol. The number of rotatable bonds is 1. The van der Waals surface area contributed by atoms with Crippen molar-refractivity contribution < 1.29 is 8.98 Å². The summed E-state index contributed by atoms with van der Waals surface area (Å²) in [5.74, 6) is 0. The van der Waals surface area contributed by atoms with Gasteiger partial charge in [-0.05, 0) is 44.0 Å². The molecule has 0 saturated carbocycles. The first-order chi connectivity index (χ1) is 10.6. The van der Waals surface area contributed by atoms with Gasteiger partial charge >= 0.3 is 0 Å². The SMILES string of the molecule is Cc1cc(C)c(C)c(-c2c3c(cc[n+]2C)sc2occc23)c1. The molecule has 4 aromatic rings. The quantitative estimate of drug-likeness (QED) is 0.449. The summed E-state index contributed by atoms with van der Waals surface area (Å²) in [6.07, 6.45) is 3.93. The summed E-state index contributed by atoms with van der Waals surface area (Å²) in [5, 5.41) is 2.51. The van der Waals surface area contributed by atoms with Crippen molar-refractivity contribution in [2.24, 2.45) is 7.05 Å². The normalized spacial score (nSPS) is 11.6. The largest absolute Gasteiger partial charge is 0.454 e. The van der Waals surface area contributed by atoms with Crippen LogP contribution < -0.4 is 4.57 Å². The number of thiophene rings is 1. The monoisotopic (exact) mass is 308 g/mol. The van der Waals surface area contributed by atoms with Crippen LogP contribution in [0.3, 0.4) is 0 Å². The van der Waals surface area contributed by atoms with Crippen LogP contribution in [0, 0.1) is 20.8 Å². The van der Waals surface area contributed by atoms with Crippen LogP contribution in [0.4, 0.5) is 0 Å². The van der Waals surface area contributed by atoms with Gasteiger partial charge in [0, 0.05) is 11.5 Å². The van der Waals surface area contributed by atoms with E-state index in [9.17, 15) is 0 Å². The standard InChI is InChI=1S/C19H18NOS/c1-11-9-12(2)13(3)15(10-11)18-17-14-6-8-21-19(14)22-16(17)5-7-20(18)4/h5-10H,1-4H3/q+1. The molecule has 0 aliphatic heterocycles. The van der Waals surface area contributed by atoms with Crippen molar-refractivity contribution in [3.63, 3.8) is 0 Å². The van der Waals surface area contributed by atoms with Crippen molar-refractivity contribution in [1.82, 2.24) is 0 Å². The molecule has 0 radical (unpaired) electrons. The van der Waals surface area contributed by atoms with E-state index in [2.05, 4.69) is 62.8 Å². The van der Waals surface area contributed by atoms with E-state index >= 15 is 0 Å². The maximum atomic E-state index is 5.62. The topological polar surface area (TPSA) is 17.0 Å². The molecule has 3 heteroatoms. The van der Waals surface area contributed by atoms with Gasteiger partial charge in [0.25, 0.3) is 0 Å². The number of hydrogen-bond donors (Lipinski definition) is 0. The number of pyridine rings is 1. The van der Waals surface area contributed by atoms with E-state index in [1.54, 1.807) is 17.6 Å². The summed E-state index contributed by atoms with van der Waals surface area (Å²) >= 11 is 1.72. The first-order valence-corrected chi connectivity index (χ1v) is 8.24. The molecule has 1 aromatic carbocycles. The summed E-state index contributed by atoms with van der Waals surface area (Å²) in [4.78, 5) is 1.00. The van der Waals surface area contributed by atoms with Crippen LogP contribution in [-0.2, 0) is 7.05 Å². The number of nitrogens with zero attached hydrogens (tertiary/aromatic N) is 1. The lowest BCUT2D eigenvalue weighted by Crippen LogP contribution is -2.30. The zero-order valence-corrected chi connectivity index (χ0v) is 14.0. The molecule has 0 aliphatic carbocycles. The van der Waals surface area contributed by atoms with Gasteiger partial charge in [0.05, 0.1) is 21.9 Å². The van der Waals surface area contributed by atoms with Crippen molar-refractivity contribution in [3.05, 3.63) is 53.4 Å². The summed E-state index contributed by atoms with van der Waals surface area (Å²) < 4.78 is 9.12. The molecular formula is C19H18NOS+. The number of benzene rings is 1. The lowest BCUT2D eigenvalue weighted by atomic mass is 9.95. The average molecular weight is 308 g/mol. The van der Waals surface area contributed by atoms with Crippen LogP contribution in [0.2, 0.25) is 0 Å². The highest BCUT2D eigenvalue weighted by molar-refractivity contribution is 7.25. The van der Waals surface area contributed by atoms with Crippen LogP contribution >= 0.6 is 11.3 Å². The second-order valence-electron chi connectivity index (χ2n) is 5.99. The third kappa shape index (κ3) is 1.82. The fourth-order valence-corrected chi connectivity index (χ4v) is 4.27. The predicted octanol–water partition coefficient (Wildman–Crippen LogP) is 5.06. The molecule has 3 heterocycles. The van der Waals surface area contributed by atoms with Crippen LogP contribution in [-0.4, -0.2) is 0 Å². The van der Waals surface area contributed by atoms with Crippen molar-refractivity contribution in [3.8, 4) is 11.3 Å². The van der Waals surface area contributed by atoms with Gasteiger partial charge in [0.2, 0.25) is 5.69 Å². The minimum atomic E-state index is 1.00. The minimum Gasteiger partial charge on any atom is -0.454 e. The van der Waals surface area contributed by atoms with E-state index in [0.717, 1.165) is 4.90 Å². The number of furan rings is 1. The lowest BCUT2D eigenvalue weighted by molar-refractivity contribution is -0.659. The second kappa shape index (κ2) is 4.68. The maximum absolute atomic E-state index is 5.62. The van der Waals surface area contributed by atoms with E-state index < -0.39 is 0 Å². The van der Waals surface area contributed by atoms with Gasteiger partial charge in [-0.25, -0.2) is 4.57 Å². The molecule has 0 fully saturated rings. The van der Waals surface area contributed by atoms with Gasteiger partial charge in [-0.1, -0.05) is 23.0 Å². The van der Waals surface area contributed by atoms with Crippen molar-refractivity contribution in [2.45, 2.75) is 20.8 Å². The van der Waals surface area contributed by atoms with Crippen LogP contribution in [0.5, 0.6) is 0 Å². The van der Waals surface area contributed by atoms with Gasteiger partial charge in [0.15, 0.2) is 11.1 Å². The molecule has 110 valence electrons. The molecule has 0 bridgehead atoms. The van der Waals surface area contributed by atoms with Gasteiger partial charge in [-0.15, -0.1) is 0 Å². The fourth-order valence-electron chi connectivity index (χ4n) is 3.25. The van der Waals surface area contributed by atoms with Gasteiger partial charge < -0.3 is 4.42 Å². The number of aryl methyl sites for hydroxylation is 3. The van der Waals surface area contributed by atoms with E-state index in [1.807, 2.05) is 0 Å². The molecule has 22 heavy (non-hydrogen) atoms. The lowest BCUT2D eigenvalue weighted by Gasteiger charge is -2.10. The van der Waals surface area contributed by atoms with Crippen LogP contribution in [0.15, 0.2) is 41.1 Å². The summed E-state index contributed by atoms with van der Waals surface area (Å²) in [5.41, 5.74) is 6.57. The zero-order valence-electron chi connectivity index (χ0n) is 13.2. The second-order valence-corrected chi connectivity index (χ2v) is 7.01. The van der Waals surface area contributed by atoms with Crippen LogP contribution in [0.1, 0.15) is 16.7 Å². The highest BCUT2D eigenvalue weighted by Gasteiger charge is 2.22. The Bertz CT molecular complexity index is 1020. The molecule has 0 unspecified atom stereocenters. The van der Waals surface area contributed by atoms with E-state index in [0.29, 0.717) is 0 Å². The number of hydrogen-bond acceptors (Lipinski definition) is 2. The van der Waals surface area contributed by atoms with Crippen LogP contribution in [0.25, 0.3) is 31.6 Å². The molecule has 0 aliphatic rings. The third-order valence-corrected chi connectivity index (χ3v) is 5.52. The first-order valence-electron chi connectivity index (χ1n) is 7.43. The third-order valence-electron chi connectivity index (χ3n) is 4.45. The Morgan fingerprint density at radius 2 is 1.91 bits per heavy atom. The fraction of sp³-hybridized carbons (Fsp3) is 0.211. The Morgan fingerprint density at radius 1 is 1.09 bits per heavy atom. The maximum Gasteiger partial charge on any atom is 0.222 e. The Labute approximate surface area is 133 Å². The molecule has 0 amide bonds. The van der Waals surface area contributed by atoms with E-state index in [-0.39, 0.29) is 0 Å². The molecule has 0 spiro atoms. The molecule has 3 aromatic heterocycles. The van der Waals surface area contributed by atoms with Gasteiger partial charge in [0.1, 0.15) is 7.05 Å². The highest BCUT2D eigenvalue weighted by atomic mass is 32.1. The Kier molecular flexibility index (Phi) is 2.88. The summed E-state index contributed by atoms with van der Waals surface area (Å²) in [6, 6.07) is 8.80. The molecule has 4 rings (SSSR count). The highest BCUT2D eigenvalue weighted by Crippen LogP contribution is 2.39. The smallest absolute Gasteiger partial charge is 0.222 e. The van der Waals surface area contributed by atoms with E-state index in [4.69, 9.17) is 4.42 Å². The zero-order chi connectivity index (χ0) is 15.4. The van der Waals surface area contributed by atoms with Gasteiger partial charge in [-0.3, -0.25) is 0 Å². The first kappa shape index (κ1) is 13.5. The van der Waals surface area contributed by atoms with Crippen molar-refractivity contribution >= 4 is 31.7 Å². The molecule has 0 N–H and O–H groups in total. The molecule has 0 saturated heterocycles. The van der Waals surface area contributed by atoms with Crippen molar-refractivity contribution in [2.75, 3.05) is 0 Å². The Balaban J connectivity index is 2.20. The average Bonchev–Trinajstić information content (AvgIpc) is 3.04. The molecule has 2 nitrogen and oxygen atoms in total. The Hall–Kier alpha value is -2.13. The summed E-state index contributed by atoms with van der Waals surface area (Å²) in [6.45, 7) is 6.56. The molecule has 0 atom stereocenters. The number of aromatic nitrogens is 1. The van der Waals surface area contributed by atoms with Crippen molar-refractivity contribution in [1.29, 1.82) is 0 Å². The summed E-state index contributed by atoms with van der Waals surface area (Å²) in [7, 11) is 2.12. The Morgan fingerprint density at radius 3 is 2.73 bits per heavy atom. The van der Waals surface area contributed by atoms with E-state index in [1.165, 1.54) is 43.4 Å². The molecular weight excluding hydrogens is 290 g/mol. The number of fused-ring (bicyclic) bond motifs is 3. The minimum absolute atomic E-state index is 1.00. The van der Waals surface area contributed by atoms with Gasteiger partial charge in [-0.2, -0.15) is 0 Å².